The number of nitrogens with two attached hydrogens (primary N) is 3. The first kappa shape index (κ1) is 45.2. The molecule has 0 unspecified atom stereocenters. The Balaban J connectivity index is -0.000000873. The van der Waals surface area contributed by atoms with Crippen molar-refractivity contribution in [1.82, 2.24) is 10.6 Å². The summed E-state index contributed by atoms with van der Waals surface area (Å²) in [7, 11) is -11.0. The monoisotopic (exact) mass is 679 g/mol. The number of unbranched alkanes of at least 4 members (excludes halogenated alkanes) is 2. The molecule has 0 heterocycles. The van der Waals surface area contributed by atoms with E-state index in [1.165, 1.54) is 0 Å². The third kappa shape index (κ3) is 44.3. The van der Waals surface area contributed by atoms with Crippen LogP contribution in [0.4, 0.5) is 0 Å². The van der Waals surface area contributed by atoms with Gasteiger partial charge < -0.3 is 27.8 Å². The van der Waals surface area contributed by atoms with Crippen LogP contribution in [0.2, 0.25) is 0 Å². The van der Waals surface area contributed by atoms with Crippen molar-refractivity contribution in [2.24, 2.45) is 17.2 Å². The molecule has 19 heteroatoms. The average Bonchev–Trinajstić information content (AvgIpc) is 2.81. The summed E-state index contributed by atoms with van der Waals surface area (Å²) < 4.78 is 77.6. The summed E-state index contributed by atoms with van der Waals surface area (Å²) in [5.74, 6) is -0.469. The van der Waals surface area contributed by atoms with Crippen molar-refractivity contribution in [3.05, 3.63) is 35.9 Å². The predicted molar refractivity (Wildman–Crippen MR) is 166 cm³/mol. The molecule has 1 aromatic carbocycles. The predicted octanol–water partition coefficient (Wildman–Crippen LogP) is -0.684. The normalized spacial score (nSPS) is 13.3. The van der Waals surface area contributed by atoms with Crippen molar-refractivity contribution < 1.29 is 48.5 Å². The highest BCUT2D eigenvalue weighted by atomic mass is 32.2. The molecule has 254 valence electrons. The highest BCUT2D eigenvalue weighted by Crippen LogP contribution is 2.06. The molecule has 0 aromatic heterocycles. The molecule has 16 nitrogen and oxygen atoms in total. The van der Waals surface area contributed by atoms with Crippen LogP contribution in [0.3, 0.4) is 0 Å². The molecule has 43 heavy (non-hydrogen) atoms. The van der Waals surface area contributed by atoms with Crippen molar-refractivity contribution in [2.45, 2.75) is 70.0 Å². The summed E-state index contributed by atoms with van der Waals surface area (Å²) in [6, 6.07) is 8.72. The molecular weight excluding hydrogens is 630 g/mol. The summed E-state index contributed by atoms with van der Waals surface area (Å²) >= 11 is 0. The fourth-order valence-corrected chi connectivity index (χ4v) is 3.04. The maximum atomic E-state index is 12.7. The van der Waals surface area contributed by atoms with Crippen LogP contribution in [0.15, 0.2) is 30.3 Å². The molecule has 0 saturated carbocycles. The molecule has 0 spiro atoms. The van der Waals surface area contributed by atoms with E-state index in [2.05, 4.69) is 10.6 Å². The Kier molecular flexibility index (Phi) is 25.4. The minimum absolute atomic E-state index is 0.0398. The number of carbonyl (C=O) groups excluding carboxylic acids is 2. The standard InChI is InChI=1S/C21H37N5O2.3CH4O3S/c1-16(15-17-9-3-2-4-10-17)25-21(28)19(12-6-8-14-23)26-20(27)18(24)11-5-7-13-22;3*1-5(2,3)4/h2-4,9-10,16,18-19H,5-8,11-15,22-24H2,1H3,(H,25,28)(H,26,27);3*1H3,(H,2,3,4)/t16-,18-,19-;;;/m0.../s1. The minimum atomic E-state index is -3.67. The van der Waals surface area contributed by atoms with Gasteiger partial charge in [0.05, 0.1) is 24.8 Å². The van der Waals surface area contributed by atoms with Gasteiger partial charge in [0.15, 0.2) is 0 Å². The van der Waals surface area contributed by atoms with Gasteiger partial charge in [-0.1, -0.05) is 36.8 Å². The van der Waals surface area contributed by atoms with Crippen LogP contribution in [0.25, 0.3) is 0 Å². The van der Waals surface area contributed by atoms with Gasteiger partial charge >= 0.3 is 0 Å². The molecule has 0 saturated heterocycles. The van der Waals surface area contributed by atoms with Gasteiger partial charge in [0.1, 0.15) is 6.04 Å². The van der Waals surface area contributed by atoms with Crippen LogP contribution in [-0.4, -0.2) is 101 Å². The van der Waals surface area contributed by atoms with Gasteiger partial charge in [0.2, 0.25) is 11.8 Å². The summed E-state index contributed by atoms with van der Waals surface area (Å²) in [4.78, 5) is 25.1. The molecule has 3 atom stereocenters. The molecule has 0 aliphatic carbocycles. The zero-order chi connectivity index (χ0) is 34.3. The van der Waals surface area contributed by atoms with E-state index in [1.807, 2.05) is 37.3 Å². The van der Waals surface area contributed by atoms with Gasteiger partial charge in [-0.05, 0) is 64.1 Å². The largest absolute Gasteiger partial charge is 0.352 e. The van der Waals surface area contributed by atoms with Crippen molar-refractivity contribution in [2.75, 3.05) is 31.9 Å². The number of hydrogen-bond acceptors (Lipinski definition) is 11. The maximum absolute atomic E-state index is 12.7. The van der Waals surface area contributed by atoms with Gasteiger partial charge in [-0.2, -0.15) is 25.3 Å². The van der Waals surface area contributed by atoms with E-state index >= 15 is 0 Å². The number of hydrogen-bond donors (Lipinski definition) is 8. The molecule has 1 rings (SSSR count). The number of amides is 2. The maximum Gasteiger partial charge on any atom is 0.261 e. The first-order chi connectivity index (χ1) is 19.5. The fourth-order valence-electron chi connectivity index (χ4n) is 3.04. The Morgan fingerprint density at radius 1 is 0.721 bits per heavy atom. The van der Waals surface area contributed by atoms with Crippen LogP contribution in [0.5, 0.6) is 0 Å². The lowest BCUT2D eigenvalue weighted by molar-refractivity contribution is -0.130. The highest BCUT2D eigenvalue weighted by molar-refractivity contribution is 7.85. The van der Waals surface area contributed by atoms with Crippen LogP contribution in [0.1, 0.15) is 51.0 Å². The quantitative estimate of drug-likeness (QED) is 0.0892. The lowest BCUT2D eigenvalue weighted by Crippen LogP contribution is -2.53. The van der Waals surface area contributed by atoms with E-state index in [-0.39, 0.29) is 17.9 Å². The van der Waals surface area contributed by atoms with Crippen LogP contribution >= 0.6 is 0 Å². The van der Waals surface area contributed by atoms with Gasteiger partial charge in [0, 0.05) is 6.04 Å². The third-order valence-electron chi connectivity index (χ3n) is 4.66. The van der Waals surface area contributed by atoms with E-state index < -0.39 is 42.4 Å². The second-order valence-corrected chi connectivity index (χ2v) is 13.9. The van der Waals surface area contributed by atoms with E-state index in [9.17, 15) is 34.8 Å². The Morgan fingerprint density at radius 3 is 1.51 bits per heavy atom. The fraction of sp³-hybridized carbons (Fsp3) is 0.667. The second-order valence-electron chi connectivity index (χ2n) is 9.54. The summed E-state index contributed by atoms with van der Waals surface area (Å²) in [5, 5.41) is 5.83. The molecule has 0 aliphatic heterocycles. The molecule has 0 bridgehead atoms. The van der Waals surface area contributed by atoms with Gasteiger partial charge in [-0.25, -0.2) is 0 Å². The van der Waals surface area contributed by atoms with E-state index in [1.54, 1.807) is 0 Å². The second kappa shape index (κ2) is 24.1. The molecule has 0 radical (unpaired) electrons. The minimum Gasteiger partial charge on any atom is -0.352 e. The smallest absolute Gasteiger partial charge is 0.261 e. The Hall–Kier alpha value is -2.23. The molecule has 1 aromatic rings. The summed E-state index contributed by atoms with van der Waals surface area (Å²) in [6.07, 6.45) is 7.18. The first-order valence-electron chi connectivity index (χ1n) is 13.1. The van der Waals surface area contributed by atoms with E-state index in [0.717, 1.165) is 37.7 Å². The topological polar surface area (TPSA) is 299 Å². The lowest BCUT2D eigenvalue weighted by atomic mass is 10.0. The summed E-state index contributed by atoms with van der Waals surface area (Å²) in [5.41, 5.74) is 18.1. The van der Waals surface area contributed by atoms with E-state index in [0.29, 0.717) is 44.7 Å². The summed E-state index contributed by atoms with van der Waals surface area (Å²) in [6.45, 7) is 3.10. The van der Waals surface area contributed by atoms with Crippen molar-refractivity contribution in [1.29, 1.82) is 0 Å². The lowest BCUT2D eigenvalue weighted by Gasteiger charge is -2.23. The molecule has 0 fully saturated rings. The zero-order valence-corrected chi connectivity index (χ0v) is 27.5. The van der Waals surface area contributed by atoms with Crippen LogP contribution in [0, 0.1) is 0 Å². The van der Waals surface area contributed by atoms with Gasteiger partial charge in [-0.3, -0.25) is 23.2 Å². The molecule has 0 aliphatic rings. The number of benzene rings is 1. The Bertz CT molecular complexity index is 1120. The Morgan fingerprint density at radius 2 is 1.12 bits per heavy atom. The van der Waals surface area contributed by atoms with Crippen LogP contribution < -0.4 is 27.8 Å². The van der Waals surface area contributed by atoms with Crippen LogP contribution in [-0.2, 0) is 46.4 Å². The number of nitrogens with one attached hydrogen (secondary N) is 2. The molecular formula is C24H49N5O11S3. The van der Waals surface area contributed by atoms with Gasteiger partial charge in [-0.15, -0.1) is 0 Å². The van der Waals surface area contributed by atoms with E-state index in [4.69, 9.17) is 30.9 Å². The number of rotatable bonds is 14. The third-order valence-corrected chi connectivity index (χ3v) is 4.66. The average molecular weight is 680 g/mol. The molecule has 2 amide bonds. The van der Waals surface area contributed by atoms with Crippen molar-refractivity contribution >= 4 is 42.2 Å². The number of carbonyl (C=O) groups is 2. The zero-order valence-electron chi connectivity index (χ0n) is 25.0. The first-order valence-corrected chi connectivity index (χ1v) is 18.6. The highest BCUT2D eigenvalue weighted by Gasteiger charge is 2.24. The van der Waals surface area contributed by atoms with Gasteiger partial charge in [0.25, 0.3) is 30.4 Å². The Labute approximate surface area is 255 Å². The SMILES string of the molecule is CS(=O)(=O)O.CS(=O)(=O)O.CS(=O)(=O)O.C[C@@H](Cc1ccccc1)NC(=O)[C@H](CCCCN)NC(=O)[C@@H](N)CCCCN. The van der Waals surface area contributed by atoms with Crippen molar-refractivity contribution in [3.63, 3.8) is 0 Å². The molecule has 11 N–H and O–H groups in total. The van der Waals surface area contributed by atoms with Crippen molar-refractivity contribution in [3.8, 4) is 0 Å².